The number of amides is 1. The summed E-state index contributed by atoms with van der Waals surface area (Å²) in [6.07, 6.45) is 0.509. The monoisotopic (exact) mass is 296 g/mol. The number of benzene rings is 2. The van der Waals surface area contributed by atoms with Crippen LogP contribution in [0.3, 0.4) is 0 Å². The lowest BCUT2D eigenvalue weighted by molar-refractivity contribution is -0.131. The fourth-order valence-electron chi connectivity index (χ4n) is 2.41. The van der Waals surface area contributed by atoms with Gasteiger partial charge in [0, 0.05) is 31.7 Å². The Labute approximate surface area is 133 Å². The molecule has 1 N–H and O–H groups in total. The SMILES string of the molecule is CCN(Cc1ccccc1)C(=O)CCNc1cccc(C)c1. The van der Waals surface area contributed by atoms with E-state index in [1.54, 1.807) is 0 Å². The van der Waals surface area contributed by atoms with Crippen LogP contribution in [0.2, 0.25) is 0 Å². The molecule has 0 atom stereocenters. The van der Waals surface area contributed by atoms with Gasteiger partial charge in [0.25, 0.3) is 0 Å². The second kappa shape index (κ2) is 8.23. The Morgan fingerprint density at radius 2 is 1.86 bits per heavy atom. The van der Waals surface area contributed by atoms with E-state index in [4.69, 9.17) is 0 Å². The third kappa shape index (κ3) is 4.92. The summed E-state index contributed by atoms with van der Waals surface area (Å²) in [4.78, 5) is 14.2. The molecular weight excluding hydrogens is 272 g/mol. The molecule has 2 rings (SSSR count). The van der Waals surface area contributed by atoms with Crippen molar-refractivity contribution in [2.75, 3.05) is 18.4 Å². The number of carbonyl (C=O) groups is 1. The molecule has 3 nitrogen and oxygen atoms in total. The van der Waals surface area contributed by atoms with Gasteiger partial charge in [-0.2, -0.15) is 0 Å². The summed E-state index contributed by atoms with van der Waals surface area (Å²) < 4.78 is 0. The summed E-state index contributed by atoms with van der Waals surface area (Å²) in [5.74, 6) is 0.187. The van der Waals surface area contributed by atoms with E-state index < -0.39 is 0 Å². The Morgan fingerprint density at radius 3 is 2.55 bits per heavy atom. The van der Waals surface area contributed by atoms with Crippen LogP contribution in [-0.4, -0.2) is 23.9 Å². The van der Waals surface area contributed by atoms with E-state index >= 15 is 0 Å². The number of hydrogen-bond donors (Lipinski definition) is 1. The van der Waals surface area contributed by atoms with Crippen LogP contribution >= 0.6 is 0 Å². The van der Waals surface area contributed by atoms with Gasteiger partial charge >= 0.3 is 0 Å². The quantitative estimate of drug-likeness (QED) is 0.842. The van der Waals surface area contributed by atoms with Crippen molar-refractivity contribution in [2.24, 2.45) is 0 Å². The summed E-state index contributed by atoms with van der Waals surface area (Å²) in [7, 11) is 0. The predicted octanol–water partition coefficient (Wildman–Crippen LogP) is 3.85. The van der Waals surface area contributed by atoms with Crippen LogP contribution in [0, 0.1) is 6.92 Å². The van der Waals surface area contributed by atoms with E-state index in [2.05, 4.69) is 36.5 Å². The van der Waals surface area contributed by atoms with Crippen molar-refractivity contribution < 1.29 is 4.79 Å². The summed E-state index contributed by atoms with van der Waals surface area (Å²) in [6.45, 7) is 6.16. The number of rotatable bonds is 7. The van der Waals surface area contributed by atoms with Gasteiger partial charge in [0.1, 0.15) is 0 Å². The van der Waals surface area contributed by atoms with Gasteiger partial charge in [0.15, 0.2) is 0 Å². The molecule has 0 fully saturated rings. The lowest BCUT2D eigenvalue weighted by Gasteiger charge is -2.21. The third-order valence-electron chi connectivity index (χ3n) is 3.64. The van der Waals surface area contributed by atoms with Gasteiger partial charge in [-0.15, -0.1) is 0 Å². The molecule has 116 valence electrons. The number of nitrogens with one attached hydrogen (secondary N) is 1. The van der Waals surface area contributed by atoms with E-state index in [1.165, 1.54) is 11.1 Å². The highest BCUT2D eigenvalue weighted by molar-refractivity contribution is 5.76. The molecule has 0 heterocycles. The highest BCUT2D eigenvalue weighted by Crippen LogP contribution is 2.10. The fourth-order valence-corrected chi connectivity index (χ4v) is 2.41. The van der Waals surface area contributed by atoms with Crippen molar-refractivity contribution in [1.82, 2.24) is 4.90 Å². The first kappa shape index (κ1) is 16.1. The van der Waals surface area contributed by atoms with Crippen molar-refractivity contribution in [3.05, 3.63) is 65.7 Å². The van der Waals surface area contributed by atoms with Gasteiger partial charge in [-0.1, -0.05) is 42.5 Å². The zero-order valence-electron chi connectivity index (χ0n) is 13.4. The highest BCUT2D eigenvalue weighted by Gasteiger charge is 2.11. The molecule has 0 saturated carbocycles. The van der Waals surface area contributed by atoms with Gasteiger partial charge in [-0.3, -0.25) is 4.79 Å². The van der Waals surface area contributed by atoms with Crippen molar-refractivity contribution in [3.63, 3.8) is 0 Å². The Balaban J connectivity index is 1.82. The lowest BCUT2D eigenvalue weighted by Crippen LogP contribution is -2.31. The second-order valence-corrected chi connectivity index (χ2v) is 5.44. The third-order valence-corrected chi connectivity index (χ3v) is 3.64. The van der Waals surface area contributed by atoms with Gasteiger partial charge in [0.05, 0.1) is 0 Å². The molecule has 0 aliphatic rings. The van der Waals surface area contributed by atoms with Crippen LogP contribution in [-0.2, 0) is 11.3 Å². The Hall–Kier alpha value is -2.29. The molecule has 0 unspecified atom stereocenters. The smallest absolute Gasteiger partial charge is 0.224 e. The number of aryl methyl sites for hydroxylation is 1. The maximum atomic E-state index is 12.3. The molecule has 22 heavy (non-hydrogen) atoms. The van der Waals surface area contributed by atoms with Crippen LogP contribution in [0.1, 0.15) is 24.5 Å². The van der Waals surface area contributed by atoms with Crippen LogP contribution in [0.5, 0.6) is 0 Å². The predicted molar refractivity (Wildman–Crippen MR) is 91.8 cm³/mol. The molecule has 3 heteroatoms. The van der Waals surface area contributed by atoms with Gasteiger partial charge in [-0.25, -0.2) is 0 Å². The minimum atomic E-state index is 0.187. The maximum absolute atomic E-state index is 12.3. The van der Waals surface area contributed by atoms with E-state index in [0.29, 0.717) is 19.5 Å². The lowest BCUT2D eigenvalue weighted by atomic mass is 10.2. The van der Waals surface area contributed by atoms with E-state index in [-0.39, 0.29) is 5.91 Å². The summed E-state index contributed by atoms with van der Waals surface area (Å²) in [5, 5.41) is 3.31. The first-order valence-electron chi connectivity index (χ1n) is 7.81. The zero-order valence-corrected chi connectivity index (χ0v) is 13.4. The number of hydrogen-bond acceptors (Lipinski definition) is 2. The zero-order chi connectivity index (χ0) is 15.8. The average Bonchev–Trinajstić information content (AvgIpc) is 2.53. The highest BCUT2D eigenvalue weighted by atomic mass is 16.2. The Morgan fingerprint density at radius 1 is 1.09 bits per heavy atom. The molecule has 0 saturated heterocycles. The van der Waals surface area contributed by atoms with Crippen molar-refractivity contribution >= 4 is 11.6 Å². The van der Waals surface area contributed by atoms with E-state index in [9.17, 15) is 4.79 Å². The summed E-state index contributed by atoms with van der Waals surface area (Å²) in [6, 6.07) is 18.3. The average molecular weight is 296 g/mol. The largest absolute Gasteiger partial charge is 0.385 e. The van der Waals surface area contributed by atoms with Crippen molar-refractivity contribution in [1.29, 1.82) is 0 Å². The molecule has 2 aromatic carbocycles. The number of carbonyl (C=O) groups excluding carboxylic acids is 1. The molecule has 2 aromatic rings. The normalized spacial score (nSPS) is 10.3. The Bertz CT molecular complexity index is 595. The molecule has 0 aromatic heterocycles. The van der Waals surface area contributed by atoms with Crippen molar-refractivity contribution in [3.8, 4) is 0 Å². The van der Waals surface area contributed by atoms with Gasteiger partial charge in [0.2, 0.25) is 5.91 Å². The van der Waals surface area contributed by atoms with Crippen LogP contribution < -0.4 is 5.32 Å². The summed E-state index contributed by atoms with van der Waals surface area (Å²) >= 11 is 0. The van der Waals surface area contributed by atoms with Crippen LogP contribution in [0.25, 0.3) is 0 Å². The molecule has 0 aliphatic carbocycles. The van der Waals surface area contributed by atoms with Gasteiger partial charge < -0.3 is 10.2 Å². The number of nitrogens with zero attached hydrogens (tertiary/aromatic N) is 1. The Kier molecular flexibility index (Phi) is 6.01. The molecule has 0 bridgehead atoms. The van der Waals surface area contributed by atoms with Gasteiger partial charge in [-0.05, 0) is 37.1 Å². The molecule has 0 spiro atoms. The van der Waals surface area contributed by atoms with Crippen LogP contribution in [0.15, 0.2) is 54.6 Å². The minimum absolute atomic E-state index is 0.187. The fraction of sp³-hybridized carbons (Fsp3) is 0.316. The maximum Gasteiger partial charge on any atom is 0.224 e. The molecule has 0 radical (unpaired) electrons. The molecule has 0 aliphatic heterocycles. The first-order valence-corrected chi connectivity index (χ1v) is 7.81. The van der Waals surface area contributed by atoms with E-state index in [0.717, 1.165) is 12.2 Å². The van der Waals surface area contributed by atoms with Crippen LogP contribution in [0.4, 0.5) is 5.69 Å². The standard InChI is InChI=1S/C19H24N2O/c1-3-21(15-17-9-5-4-6-10-17)19(22)12-13-20-18-11-7-8-16(2)14-18/h4-11,14,20H,3,12-13,15H2,1-2H3. The summed E-state index contributed by atoms with van der Waals surface area (Å²) in [5.41, 5.74) is 3.46. The van der Waals surface area contributed by atoms with E-state index in [1.807, 2.05) is 42.2 Å². The molecule has 1 amide bonds. The number of anilines is 1. The topological polar surface area (TPSA) is 32.3 Å². The molecular formula is C19H24N2O. The first-order chi connectivity index (χ1) is 10.7. The second-order valence-electron chi connectivity index (χ2n) is 5.44. The minimum Gasteiger partial charge on any atom is -0.385 e. The van der Waals surface area contributed by atoms with Crippen molar-refractivity contribution in [2.45, 2.75) is 26.8 Å².